The van der Waals surface area contributed by atoms with E-state index in [1.165, 1.54) is 19.2 Å². The lowest BCUT2D eigenvalue weighted by Gasteiger charge is -2.15. The third-order valence-electron chi connectivity index (χ3n) is 3.46. The van der Waals surface area contributed by atoms with Crippen molar-refractivity contribution in [1.82, 2.24) is 10.3 Å². The molecule has 6 nitrogen and oxygen atoms in total. The van der Waals surface area contributed by atoms with Crippen LogP contribution in [0.3, 0.4) is 0 Å². The van der Waals surface area contributed by atoms with Crippen molar-refractivity contribution < 1.29 is 19.1 Å². The Morgan fingerprint density at radius 1 is 1.20 bits per heavy atom. The van der Waals surface area contributed by atoms with Crippen molar-refractivity contribution in [1.29, 1.82) is 0 Å². The van der Waals surface area contributed by atoms with Gasteiger partial charge in [0.15, 0.2) is 12.4 Å². The van der Waals surface area contributed by atoms with Gasteiger partial charge in [0.1, 0.15) is 5.69 Å². The van der Waals surface area contributed by atoms with E-state index >= 15 is 0 Å². The fraction of sp³-hybridized carbons (Fsp3) is 0.235. The van der Waals surface area contributed by atoms with E-state index in [0.717, 1.165) is 5.56 Å². The summed E-state index contributed by atoms with van der Waals surface area (Å²) in [5.41, 5.74) is 1.24. The van der Waals surface area contributed by atoms with E-state index in [2.05, 4.69) is 10.3 Å². The summed E-state index contributed by atoms with van der Waals surface area (Å²) in [6.07, 6.45) is 1.41. The summed E-state index contributed by atoms with van der Waals surface area (Å²) in [7, 11) is 0. The molecule has 1 aromatic carbocycles. The predicted octanol–water partition coefficient (Wildman–Crippen LogP) is 3.56. The minimum Gasteiger partial charge on any atom is -0.451 e. The van der Waals surface area contributed by atoms with Crippen molar-refractivity contribution in [3.63, 3.8) is 0 Å². The van der Waals surface area contributed by atoms with Crippen molar-refractivity contribution in [2.75, 3.05) is 6.61 Å². The molecule has 0 aliphatic rings. The number of carbonyl (C=O) groups is 3. The molecule has 0 saturated heterocycles. The number of carbonyl (C=O) groups excluding carboxylic acids is 3. The second-order valence-corrected chi connectivity index (χ2v) is 6.21. The zero-order chi connectivity index (χ0) is 18.6. The molecular weight excluding hydrogens is 367 g/mol. The van der Waals surface area contributed by atoms with E-state index < -0.39 is 18.5 Å². The Kier molecular flexibility index (Phi) is 6.22. The second kappa shape index (κ2) is 8.18. The third-order valence-corrected chi connectivity index (χ3v) is 4.20. The Balaban J connectivity index is 1.87. The highest BCUT2D eigenvalue weighted by molar-refractivity contribution is 6.42. The quantitative estimate of drug-likeness (QED) is 0.590. The van der Waals surface area contributed by atoms with Gasteiger partial charge in [-0.1, -0.05) is 29.3 Å². The van der Waals surface area contributed by atoms with Gasteiger partial charge in [-0.25, -0.2) is 4.79 Å². The average Bonchev–Trinajstić information content (AvgIpc) is 3.05. The van der Waals surface area contributed by atoms with Crippen LogP contribution in [0, 0.1) is 0 Å². The fourth-order valence-corrected chi connectivity index (χ4v) is 2.38. The number of rotatable bonds is 6. The summed E-state index contributed by atoms with van der Waals surface area (Å²) < 4.78 is 4.92. The molecule has 0 saturated carbocycles. The van der Waals surface area contributed by atoms with Gasteiger partial charge in [-0.15, -0.1) is 0 Å². The van der Waals surface area contributed by atoms with Crippen LogP contribution in [0.1, 0.15) is 46.3 Å². The first kappa shape index (κ1) is 19.0. The molecule has 0 bridgehead atoms. The minimum atomic E-state index is -0.718. The average molecular weight is 383 g/mol. The molecule has 2 N–H and O–H groups in total. The summed E-state index contributed by atoms with van der Waals surface area (Å²) in [6.45, 7) is 2.71. The number of nitrogens with one attached hydrogen (secondary N) is 2. The maximum atomic E-state index is 11.9. The Morgan fingerprint density at radius 3 is 2.52 bits per heavy atom. The number of hydrogen-bond acceptors (Lipinski definition) is 4. The van der Waals surface area contributed by atoms with Gasteiger partial charge in [-0.05, 0) is 37.6 Å². The summed E-state index contributed by atoms with van der Waals surface area (Å²) in [5.74, 6) is -1.36. The normalized spacial score (nSPS) is 11.7. The van der Waals surface area contributed by atoms with Crippen LogP contribution < -0.4 is 5.32 Å². The molecule has 0 aliphatic heterocycles. The number of amides is 1. The van der Waals surface area contributed by atoms with Gasteiger partial charge in [0.2, 0.25) is 0 Å². The molecule has 1 amide bonds. The van der Waals surface area contributed by atoms with Gasteiger partial charge in [0, 0.05) is 11.8 Å². The fourth-order valence-electron chi connectivity index (χ4n) is 2.07. The van der Waals surface area contributed by atoms with E-state index in [1.807, 2.05) is 0 Å². The molecule has 8 heteroatoms. The molecule has 132 valence electrons. The number of aromatic nitrogens is 1. The largest absolute Gasteiger partial charge is 0.451 e. The van der Waals surface area contributed by atoms with Crippen molar-refractivity contribution in [2.24, 2.45) is 0 Å². The molecule has 1 aromatic heterocycles. The second-order valence-electron chi connectivity index (χ2n) is 5.40. The molecule has 0 unspecified atom stereocenters. The Labute approximate surface area is 154 Å². The van der Waals surface area contributed by atoms with Crippen LogP contribution in [-0.2, 0) is 9.53 Å². The summed E-state index contributed by atoms with van der Waals surface area (Å²) in [4.78, 5) is 37.6. The van der Waals surface area contributed by atoms with Gasteiger partial charge < -0.3 is 15.0 Å². The number of ether oxygens (including phenoxy) is 1. The van der Waals surface area contributed by atoms with Gasteiger partial charge in [-0.3, -0.25) is 9.59 Å². The smallest absolute Gasteiger partial charge is 0.355 e. The number of ketones is 1. The topological polar surface area (TPSA) is 88.3 Å². The number of Topliss-reactive ketones (excluding diaryl/α,β-unsaturated/α-hetero) is 1. The standard InChI is InChI=1S/C17H16Cl2N2O4/c1-9(11-3-4-13(18)14(19)5-11)21-16(23)8-25-17(24)15-6-12(7-20-15)10(2)22/h3-7,9,20H,8H2,1-2H3,(H,21,23)/t9-/m0/s1. The molecule has 2 rings (SSSR count). The van der Waals surface area contributed by atoms with E-state index in [1.54, 1.807) is 25.1 Å². The zero-order valence-electron chi connectivity index (χ0n) is 13.6. The lowest BCUT2D eigenvalue weighted by molar-refractivity contribution is -0.124. The summed E-state index contributed by atoms with van der Waals surface area (Å²) in [6, 6.07) is 6.08. The number of benzene rings is 1. The van der Waals surface area contributed by atoms with Crippen molar-refractivity contribution >= 4 is 40.9 Å². The Morgan fingerprint density at radius 2 is 1.92 bits per heavy atom. The molecule has 25 heavy (non-hydrogen) atoms. The summed E-state index contributed by atoms with van der Waals surface area (Å²) in [5, 5.41) is 3.50. The van der Waals surface area contributed by atoms with Crippen LogP contribution >= 0.6 is 23.2 Å². The van der Waals surface area contributed by atoms with Crippen molar-refractivity contribution in [2.45, 2.75) is 19.9 Å². The molecule has 0 radical (unpaired) electrons. The zero-order valence-corrected chi connectivity index (χ0v) is 15.1. The van der Waals surface area contributed by atoms with Gasteiger partial charge in [-0.2, -0.15) is 0 Å². The lowest BCUT2D eigenvalue weighted by atomic mass is 10.1. The minimum absolute atomic E-state index is 0.107. The monoisotopic (exact) mass is 382 g/mol. The third kappa shape index (κ3) is 5.08. The summed E-state index contributed by atoms with van der Waals surface area (Å²) >= 11 is 11.8. The highest BCUT2D eigenvalue weighted by atomic mass is 35.5. The first-order valence-corrected chi connectivity index (χ1v) is 8.14. The SMILES string of the molecule is CC(=O)c1c[nH]c(C(=O)OCC(=O)N[C@@H](C)c2ccc(Cl)c(Cl)c2)c1. The highest BCUT2D eigenvalue weighted by Crippen LogP contribution is 2.25. The van der Waals surface area contributed by atoms with Gasteiger partial charge in [0.25, 0.3) is 5.91 Å². The Bertz CT molecular complexity index is 817. The first-order valence-electron chi connectivity index (χ1n) is 7.38. The Hall–Kier alpha value is -2.31. The number of hydrogen-bond donors (Lipinski definition) is 2. The van der Waals surface area contributed by atoms with Crippen LogP contribution in [0.4, 0.5) is 0 Å². The van der Waals surface area contributed by atoms with Crippen LogP contribution in [0.5, 0.6) is 0 Å². The highest BCUT2D eigenvalue weighted by Gasteiger charge is 2.16. The molecule has 1 atom stereocenters. The van der Waals surface area contributed by atoms with Gasteiger partial charge in [0.05, 0.1) is 16.1 Å². The van der Waals surface area contributed by atoms with Crippen LogP contribution in [-0.4, -0.2) is 29.3 Å². The molecular formula is C17H16Cl2N2O4. The van der Waals surface area contributed by atoms with Crippen LogP contribution in [0.2, 0.25) is 10.0 Å². The molecule has 1 heterocycles. The van der Waals surface area contributed by atoms with Gasteiger partial charge >= 0.3 is 5.97 Å². The van der Waals surface area contributed by atoms with E-state index in [4.69, 9.17) is 27.9 Å². The number of H-pyrrole nitrogens is 1. The predicted molar refractivity (Wildman–Crippen MR) is 94.1 cm³/mol. The van der Waals surface area contributed by atoms with E-state index in [-0.39, 0.29) is 17.5 Å². The molecule has 0 spiro atoms. The maximum Gasteiger partial charge on any atom is 0.355 e. The molecule has 0 fully saturated rings. The van der Waals surface area contributed by atoms with E-state index in [0.29, 0.717) is 15.6 Å². The molecule has 0 aliphatic carbocycles. The van der Waals surface area contributed by atoms with Crippen molar-refractivity contribution in [3.05, 3.63) is 57.3 Å². The lowest BCUT2D eigenvalue weighted by Crippen LogP contribution is -2.31. The maximum absolute atomic E-state index is 11.9. The molecule has 2 aromatic rings. The van der Waals surface area contributed by atoms with Crippen LogP contribution in [0.25, 0.3) is 0 Å². The van der Waals surface area contributed by atoms with Crippen LogP contribution in [0.15, 0.2) is 30.5 Å². The number of halogens is 2. The number of aromatic amines is 1. The van der Waals surface area contributed by atoms with Crippen molar-refractivity contribution in [3.8, 4) is 0 Å². The first-order chi connectivity index (χ1) is 11.8. The number of esters is 1. The van der Waals surface area contributed by atoms with E-state index in [9.17, 15) is 14.4 Å².